The van der Waals surface area contributed by atoms with Crippen LogP contribution in [-0.2, 0) is 0 Å². The van der Waals surface area contributed by atoms with Crippen LogP contribution in [0.5, 0.6) is 0 Å². The van der Waals surface area contributed by atoms with Crippen LogP contribution in [0.2, 0.25) is 0 Å². The van der Waals surface area contributed by atoms with Crippen molar-refractivity contribution in [1.82, 2.24) is 5.32 Å². The van der Waals surface area contributed by atoms with Gasteiger partial charge < -0.3 is 9.73 Å². The van der Waals surface area contributed by atoms with Crippen LogP contribution in [0.3, 0.4) is 0 Å². The zero-order valence-electron chi connectivity index (χ0n) is 21.9. The first-order chi connectivity index (χ1) is 16.3. The number of amides is 1. The number of fused-ring (bicyclic) bond motifs is 1. The molecule has 0 aliphatic heterocycles. The Kier molecular flexibility index (Phi) is 9.38. The monoisotopic (exact) mass is 461 g/mol. The lowest BCUT2D eigenvalue weighted by molar-refractivity contribution is 0.0953. The molecule has 1 aromatic carbocycles. The molecular weight excluding hydrogens is 418 g/mol. The number of allylic oxidation sites excluding steroid dienone is 5. The lowest BCUT2D eigenvalue weighted by atomic mass is 9.72. The van der Waals surface area contributed by atoms with Gasteiger partial charge in [-0.1, -0.05) is 76.7 Å². The molecule has 0 atom stereocenters. The third kappa shape index (κ3) is 7.22. The largest absolute Gasteiger partial charge is 0.457 e. The zero-order chi connectivity index (χ0) is 24.6. The molecule has 0 saturated carbocycles. The Morgan fingerprint density at radius 3 is 2.65 bits per heavy atom. The first-order valence-corrected chi connectivity index (χ1v) is 13.2. The van der Waals surface area contributed by atoms with Crippen molar-refractivity contribution in [2.24, 2.45) is 5.41 Å². The van der Waals surface area contributed by atoms with Crippen molar-refractivity contribution in [3.63, 3.8) is 0 Å². The Morgan fingerprint density at radius 1 is 1.12 bits per heavy atom. The highest BCUT2D eigenvalue weighted by Gasteiger charge is 2.26. The lowest BCUT2D eigenvalue weighted by Crippen LogP contribution is -2.24. The molecule has 184 valence electrons. The maximum absolute atomic E-state index is 12.5. The highest BCUT2D eigenvalue weighted by Crippen LogP contribution is 2.40. The quantitative estimate of drug-likeness (QED) is 0.268. The standard InChI is InChI=1S/C31H43NO2/c1-6-7-8-9-10-11-19-32-30(33)26-16-15-25-21-27(34-29(25)22-26)20-23(2)14-17-28-24(3)13-12-18-31(28,4)5/h14-17,20-22H,6-13,18-19H2,1-5H3,(H,32,33)/b17-14?,23-20+. The fourth-order valence-corrected chi connectivity index (χ4v) is 4.97. The third-order valence-corrected chi connectivity index (χ3v) is 7.04. The maximum Gasteiger partial charge on any atom is 0.251 e. The molecule has 1 amide bonds. The first-order valence-electron chi connectivity index (χ1n) is 13.2. The molecule has 1 aromatic heterocycles. The molecule has 3 rings (SSSR count). The summed E-state index contributed by atoms with van der Waals surface area (Å²) < 4.78 is 6.06. The summed E-state index contributed by atoms with van der Waals surface area (Å²) in [5.74, 6) is 0.789. The Morgan fingerprint density at radius 2 is 1.88 bits per heavy atom. The van der Waals surface area contributed by atoms with Crippen LogP contribution in [0.4, 0.5) is 0 Å². The van der Waals surface area contributed by atoms with Gasteiger partial charge in [0.25, 0.3) is 5.91 Å². The molecule has 3 heteroatoms. The average molecular weight is 462 g/mol. The summed E-state index contributed by atoms with van der Waals surface area (Å²) in [7, 11) is 0. The predicted molar refractivity (Wildman–Crippen MR) is 145 cm³/mol. The number of carbonyl (C=O) groups is 1. The molecule has 3 nitrogen and oxygen atoms in total. The Balaban J connectivity index is 1.61. The van der Waals surface area contributed by atoms with E-state index < -0.39 is 0 Å². The van der Waals surface area contributed by atoms with E-state index in [1.54, 1.807) is 0 Å². The fourth-order valence-electron chi connectivity index (χ4n) is 4.97. The van der Waals surface area contributed by atoms with Crippen molar-refractivity contribution in [1.29, 1.82) is 0 Å². The maximum atomic E-state index is 12.5. The Labute approximate surface area is 206 Å². The summed E-state index contributed by atoms with van der Waals surface area (Å²) in [6, 6.07) is 7.75. The fraction of sp³-hybridized carbons (Fsp3) is 0.516. The lowest BCUT2D eigenvalue weighted by Gasteiger charge is -2.32. The second-order valence-electron chi connectivity index (χ2n) is 10.6. The number of carbonyl (C=O) groups excluding carboxylic acids is 1. The molecule has 1 aliphatic carbocycles. The van der Waals surface area contributed by atoms with Crippen LogP contribution in [-0.4, -0.2) is 12.5 Å². The Hall–Kier alpha value is -2.55. The van der Waals surface area contributed by atoms with Gasteiger partial charge in [-0.15, -0.1) is 0 Å². The number of hydrogen-bond donors (Lipinski definition) is 1. The highest BCUT2D eigenvalue weighted by molar-refractivity contribution is 5.97. The van der Waals surface area contributed by atoms with Crippen LogP contribution in [0.15, 0.2) is 57.6 Å². The van der Waals surface area contributed by atoms with Gasteiger partial charge in [0.1, 0.15) is 11.3 Å². The summed E-state index contributed by atoms with van der Waals surface area (Å²) in [6.07, 6.45) is 17.6. The van der Waals surface area contributed by atoms with E-state index in [-0.39, 0.29) is 11.3 Å². The van der Waals surface area contributed by atoms with Crippen LogP contribution in [0.1, 0.15) is 109 Å². The molecule has 1 N–H and O–H groups in total. The van der Waals surface area contributed by atoms with Gasteiger partial charge in [0, 0.05) is 17.5 Å². The smallest absolute Gasteiger partial charge is 0.251 e. The number of rotatable bonds is 11. The molecule has 0 bridgehead atoms. The highest BCUT2D eigenvalue weighted by atomic mass is 16.3. The predicted octanol–water partition coefficient (Wildman–Crippen LogP) is 9.01. The second kappa shape index (κ2) is 12.2. The van der Waals surface area contributed by atoms with Crippen molar-refractivity contribution >= 4 is 23.0 Å². The van der Waals surface area contributed by atoms with E-state index in [1.807, 2.05) is 24.3 Å². The summed E-state index contributed by atoms with van der Waals surface area (Å²) in [6.45, 7) is 12.0. The third-order valence-electron chi connectivity index (χ3n) is 7.04. The molecule has 0 saturated heterocycles. The van der Waals surface area contributed by atoms with E-state index in [0.29, 0.717) is 5.56 Å². The van der Waals surface area contributed by atoms with Crippen molar-refractivity contribution in [2.45, 2.75) is 92.4 Å². The van der Waals surface area contributed by atoms with Crippen LogP contribution in [0.25, 0.3) is 17.0 Å². The molecule has 1 aliphatic rings. The van der Waals surface area contributed by atoms with Gasteiger partial charge in [-0.05, 0) is 80.4 Å². The molecule has 0 radical (unpaired) electrons. The minimum atomic E-state index is -0.0261. The summed E-state index contributed by atoms with van der Waals surface area (Å²) in [4.78, 5) is 12.5. The van der Waals surface area contributed by atoms with Gasteiger partial charge in [-0.25, -0.2) is 0 Å². The molecule has 1 heterocycles. The minimum absolute atomic E-state index is 0.0261. The van der Waals surface area contributed by atoms with E-state index in [1.165, 1.54) is 62.5 Å². The van der Waals surface area contributed by atoms with Gasteiger partial charge in [-0.2, -0.15) is 0 Å². The molecule has 0 fully saturated rings. The van der Waals surface area contributed by atoms with Gasteiger partial charge in [0.15, 0.2) is 0 Å². The number of nitrogens with one attached hydrogen (secondary N) is 1. The van der Waals surface area contributed by atoms with Crippen LogP contribution in [0, 0.1) is 5.41 Å². The summed E-state index contributed by atoms with van der Waals surface area (Å²) in [5.41, 5.74) is 5.77. The molecular formula is C31H43NO2. The van der Waals surface area contributed by atoms with E-state index in [2.05, 4.69) is 58.2 Å². The summed E-state index contributed by atoms with van der Waals surface area (Å²) in [5, 5.41) is 4.06. The zero-order valence-corrected chi connectivity index (χ0v) is 21.9. The second-order valence-corrected chi connectivity index (χ2v) is 10.6. The van der Waals surface area contributed by atoms with E-state index >= 15 is 0 Å². The van der Waals surface area contributed by atoms with Crippen molar-refractivity contribution in [3.8, 4) is 0 Å². The molecule has 2 aromatic rings. The van der Waals surface area contributed by atoms with Crippen molar-refractivity contribution in [2.75, 3.05) is 6.54 Å². The number of hydrogen-bond acceptors (Lipinski definition) is 2. The van der Waals surface area contributed by atoms with Gasteiger partial charge in [0.2, 0.25) is 0 Å². The van der Waals surface area contributed by atoms with Crippen molar-refractivity contribution in [3.05, 3.63) is 64.5 Å². The number of benzene rings is 1. The normalized spacial score (nSPS) is 16.6. The van der Waals surface area contributed by atoms with Gasteiger partial charge in [-0.3, -0.25) is 4.79 Å². The number of unbranched alkanes of at least 4 members (excludes halogenated alkanes) is 5. The van der Waals surface area contributed by atoms with E-state index in [4.69, 9.17) is 4.42 Å². The molecule has 0 unspecified atom stereocenters. The molecule has 0 spiro atoms. The Bertz CT molecular complexity index is 1060. The molecule has 34 heavy (non-hydrogen) atoms. The topological polar surface area (TPSA) is 42.2 Å². The summed E-state index contributed by atoms with van der Waals surface area (Å²) >= 11 is 0. The van der Waals surface area contributed by atoms with Crippen molar-refractivity contribution < 1.29 is 9.21 Å². The SMILES string of the molecule is CCCCCCCCNC(=O)c1ccc2cc(/C=C(\C)C=CC3=C(C)CCCC3(C)C)oc2c1. The number of furan rings is 1. The van der Waals surface area contributed by atoms with E-state index in [9.17, 15) is 4.79 Å². The van der Waals surface area contributed by atoms with Crippen LogP contribution < -0.4 is 5.32 Å². The minimum Gasteiger partial charge on any atom is -0.457 e. The van der Waals surface area contributed by atoms with Gasteiger partial charge >= 0.3 is 0 Å². The first kappa shape index (κ1) is 26.1. The van der Waals surface area contributed by atoms with Crippen LogP contribution >= 0.6 is 0 Å². The van der Waals surface area contributed by atoms with Gasteiger partial charge in [0.05, 0.1) is 0 Å². The van der Waals surface area contributed by atoms with E-state index in [0.717, 1.165) is 35.3 Å². The average Bonchev–Trinajstić information content (AvgIpc) is 3.18.